The van der Waals surface area contributed by atoms with Gasteiger partial charge in [-0.2, -0.15) is 0 Å². The van der Waals surface area contributed by atoms with Crippen LogP contribution in [0.1, 0.15) is 5.56 Å². The molecule has 0 unspecified atom stereocenters. The SMILES string of the molecule is COc1ccccc1N=Cc1ccccc1O. The quantitative estimate of drug-likeness (QED) is 0.818. The maximum atomic E-state index is 9.59. The summed E-state index contributed by atoms with van der Waals surface area (Å²) < 4.78 is 5.19. The van der Waals surface area contributed by atoms with Crippen LogP contribution in [0, 0.1) is 0 Å². The van der Waals surface area contributed by atoms with Crippen molar-refractivity contribution >= 4 is 11.9 Å². The molecule has 0 bridgehead atoms. The van der Waals surface area contributed by atoms with E-state index in [0.717, 1.165) is 5.69 Å². The van der Waals surface area contributed by atoms with E-state index in [4.69, 9.17) is 4.74 Å². The number of methoxy groups -OCH3 is 1. The largest absolute Gasteiger partial charge is 0.507 e. The van der Waals surface area contributed by atoms with E-state index < -0.39 is 0 Å². The second-order valence-electron chi connectivity index (χ2n) is 3.49. The molecule has 17 heavy (non-hydrogen) atoms. The molecule has 0 aliphatic rings. The molecule has 3 nitrogen and oxygen atoms in total. The van der Waals surface area contributed by atoms with Gasteiger partial charge in [0, 0.05) is 11.8 Å². The van der Waals surface area contributed by atoms with Crippen molar-refractivity contribution in [1.82, 2.24) is 0 Å². The van der Waals surface area contributed by atoms with Crippen LogP contribution in [0.3, 0.4) is 0 Å². The number of para-hydroxylation sites is 3. The van der Waals surface area contributed by atoms with E-state index in [-0.39, 0.29) is 5.75 Å². The molecule has 2 aromatic rings. The molecule has 1 N–H and O–H groups in total. The third-order valence-electron chi connectivity index (χ3n) is 2.36. The highest BCUT2D eigenvalue weighted by Gasteiger charge is 1.99. The number of hydrogen-bond acceptors (Lipinski definition) is 3. The van der Waals surface area contributed by atoms with Gasteiger partial charge in [0.15, 0.2) is 0 Å². The van der Waals surface area contributed by atoms with Gasteiger partial charge in [-0.15, -0.1) is 0 Å². The Hall–Kier alpha value is -2.29. The highest BCUT2D eigenvalue weighted by Crippen LogP contribution is 2.26. The van der Waals surface area contributed by atoms with E-state index in [9.17, 15) is 5.11 Å². The monoisotopic (exact) mass is 227 g/mol. The number of benzene rings is 2. The summed E-state index contributed by atoms with van der Waals surface area (Å²) in [5, 5.41) is 9.59. The number of aliphatic imine (C=N–C) groups is 1. The fourth-order valence-corrected chi connectivity index (χ4v) is 1.47. The Kier molecular flexibility index (Phi) is 3.40. The predicted molar refractivity (Wildman–Crippen MR) is 68.4 cm³/mol. The molecule has 0 radical (unpaired) electrons. The van der Waals surface area contributed by atoms with Crippen molar-refractivity contribution in [3.63, 3.8) is 0 Å². The summed E-state index contributed by atoms with van der Waals surface area (Å²) in [5.41, 5.74) is 1.41. The number of hydrogen-bond donors (Lipinski definition) is 1. The van der Waals surface area contributed by atoms with Gasteiger partial charge in [-0.05, 0) is 24.3 Å². The molecule has 2 aromatic carbocycles. The number of nitrogens with zero attached hydrogens (tertiary/aromatic N) is 1. The van der Waals surface area contributed by atoms with Gasteiger partial charge in [0.2, 0.25) is 0 Å². The zero-order valence-electron chi connectivity index (χ0n) is 9.50. The Morgan fingerprint density at radius 1 is 1.06 bits per heavy atom. The van der Waals surface area contributed by atoms with E-state index in [1.54, 1.807) is 31.5 Å². The molecule has 0 saturated carbocycles. The zero-order valence-corrected chi connectivity index (χ0v) is 9.50. The Labute approximate surface area is 100 Å². The van der Waals surface area contributed by atoms with Gasteiger partial charge in [0.25, 0.3) is 0 Å². The smallest absolute Gasteiger partial charge is 0.144 e. The molecule has 2 rings (SSSR count). The summed E-state index contributed by atoms with van der Waals surface area (Å²) in [6, 6.07) is 14.5. The first-order chi connectivity index (χ1) is 8.31. The van der Waals surface area contributed by atoms with Crippen molar-refractivity contribution in [2.45, 2.75) is 0 Å². The fourth-order valence-electron chi connectivity index (χ4n) is 1.47. The molecule has 0 saturated heterocycles. The molecule has 3 heteroatoms. The number of aromatic hydroxyl groups is 1. The van der Waals surface area contributed by atoms with E-state index >= 15 is 0 Å². The second kappa shape index (κ2) is 5.16. The maximum absolute atomic E-state index is 9.59. The van der Waals surface area contributed by atoms with Crippen molar-refractivity contribution < 1.29 is 9.84 Å². The first kappa shape index (κ1) is 11.2. The van der Waals surface area contributed by atoms with Crippen LogP contribution >= 0.6 is 0 Å². The van der Waals surface area contributed by atoms with Gasteiger partial charge in [0.1, 0.15) is 17.2 Å². The summed E-state index contributed by atoms with van der Waals surface area (Å²) in [6.45, 7) is 0. The minimum atomic E-state index is 0.214. The van der Waals surface area contributed by atoms with Crippen molar-refractivity contribution in [1.29, 1.82) is 0 Å². The molecule has 0 fully saturated rings. The molecular weight excluding hydrogens is 214 g/mol. The molecular formula is C14H13NO2. The van der Waals surface area contributed by atoms with Crippen LogP contribution in [0.25, 0.3) is 0 Å². The van der Waals surface area contributed by atoms with Crippen molar-refractivity contribution in [2.24, 2.45) is 4.99 Å². The van der Waals surface area contributed by atoms with Gasteiger partial charge in [-0.1, -0.05) is 24.3 Å². The van der Waals surface area contributed by atoms with Crippen LogP contribution in [-0.4, -0.2) is 18.4 Å². The first-order valence-electron chi connectivity index (χ1n) is 5.26. The predicted octanol–water partition coefficient (Wildman–Crippen LogP) is 3.15. The van der Waals surface area contributed by atoms with Crippen LogP contribution in [0.15, 0.2) is 53.5 Å². The summed E-state index contributed by atoms with van der Waals surface area (Å²) in [6.07, 6.45) is 1.62. The van der Waals surface area contributed by atoms with Crippen LogP contribution in [0.4, 0.5) is 5.69 Å². The number of rotatable bonds is 3. The van der Waals surface area contributed by atoms with Crippen LogP contribution in [0.5, 0.6) is 11.5 Å². The third-order valence-corrected chi connectivity index (χ3v) is 2.36. The van der Waals surface area contributed by atoms with Gasteiger partial charge in [-0.3, -0.25) is 4.99 Å². The summed E-state index contributed by atoms with van der Waals surface area (Å²) in [5.74, 6) is 0.922. The zero-order chi connectivity index (χ0) is 12.1. The topological polar surface area (TPSA) is 41.8 Å². The Morgan fingerprint density at radius 2 is 1.76 bits per heavy atom. The van der Waals surface area contributed by atoms with Crippen molar-refractivity contribution in [2.75, 3.05) is 7.11 Å². The lowest BCUT2D eigenvalue weighted by molar-refractivity contribution is 0.416. The third kappa shape index (κ3) is 2.64. The van der Waals surface area contributed by atoms with Gasteiger partial charge in [0.05, 0.1) is 7.11 Å². The molecule has 0 atom stereocenters. The molecule has 0 aromatic heterocycles. The van der Waals surface area contributed by atoms with Crippen molar-refractivity contribution in [3.8, 4) is 11.5 Å². The Bertz CT molecular complexity index is 535. The highest BCUT2D eigenvalue weighted by atomic mass is 16.5. The minimum Gasteiger partial charge on any atom is -0.507 e. The Morgan fingerprint density at radius 3 is 2.53 bits per heavy atom. The average Bonchev–Trinajstić information content (AvgIpc) is 2.38. The normalized spacial score (nSPS) is 10.6. The number of ether oxygens (including phenoxy) is 1. The Balaban J connectivity index is 2.29. The van der Waals surface area contributed by atoms with Gasteiger partial charge in [-0.25, -0.2) is 0 Å². The van der Waals surface area contributed by atoms with Gasteiger partial charge < -0.3 is 9.84 Å². The second-order valence-corrected chi connectivity index (χ2v) is 3.49. The molecule has 0 aliphatic heterocycles. The maximum Gasteiger partial charge on any atom is 0.144 e. The van der Waals surface area contributed by atoms with Crippen LogP contribution in [0.2, 0.25) is 0 Å². The van der Waals surface area contributed by atoms with Crippen LogP contribution < -0.4 is 4.74 Å². The first-order valence-corrected chi connectivity index (χ1v) is 5.26. The standard InChI is InChI=1S/C14H13NO2/c1-17-14-9-5-3-7-12(14)15-10-11-6-2-4-8-13(11)16/h2-10,16H,1H3. The lowest BCUT2D eigenvalue weighted by atomic mass is 10.2. The van der Waals surface area contributed by atoms with Crippen molar-refractivity contribution in [3.05, 3.63) is 54.1 Å². The molecule has 0 aliphatic carbocycles. The average molecular weight is 227 g/mol. The lowest BCUT2D eigenvalue weighted by Crippen LogP contribution is -1.84. The van der Waals surface area contributed by atoms with Crippen LogP contribution in [-0.2, 0) is 0 Å². The van der Waals surface area contributed by atoms with E-state index in [2.05, 4.69) is 4.99 Å². The van der Waals surface area contributed by atoms with Gasteiger partial charge >= 0.3 is 0 Å². The lowest BCUT2D eigenvalue weighted by Gasteiger charge is -2.03. The van der Waals surface area contributed by atoms with E-state index in [1.807, 2.05) is 30.3 Å². The molecule has 0 amide bonds. The summed E-state index contributed by atoms with van der Waals surface area (Å²) in [4.78, 5) is 4.30. The molecule has 86 valence electrons. The fraction of sp³-hybridized carbons (Fsp3) is 0.0714. The number of phenolic OH excluding ortho intramolecular Hbond substituents is 1. The number of phenols is 1. The molecule has 0 spiro atoms. The molecule has 0 heterocycles. The minimum absolute atomic E-state index is 0.214. The summed E-state index contributed by atoms with van der Waals surface area (Å²) >= 11 is 0. The van der Waals surface area contributed by atoms with E-state index in [1.165, 1.54) is 0 Å². The summed E-state index contributed by atoms with van der Waals surface area (Å²) in [7, 11) is 1.61. The highest BCUT2D eigenvalue weighted by molar-refractivity contribution is 5.85. The van der Waals surface area contributed by atoms with E-state index in [0.29, 0.717) is 11.3 Å².